The molecule has 166 valence electrons. The van der Waals surface area contributed by atoms with Gasteiger partial charge in [-0.3, -0.25) is 9.78 Å². The molecule has 3 heterocycles. The molecule has 1 N–H and O–H groups in total. The second-order valence-electron chi connectivity index (χ2n) is 8.46. The van der Waals surface area contributed by atoms with Crippen molar-refractivity contribution in [1.82, 2.24) is 15.2 Å². The zero-order valence-corrected chi connectivity index (χ0v) is 17.1. The Morgan fingerprint density at radius 2 is 2.17 bits per heavy atom. The lowest BCUT2D eigenvalue weighted by Crippen LogP contribution is -2.50. The highest BCUT2D eigenvalue weighted by Crippen LogP contribution is 2.33. The highest BCUT2D eigenvalue weighted by atomic mass is 19.4. The topological polar surface area (TPSA) is 63.7 Å². The molecule has 0 spiro atoms. The number of pyridine rings is 1. The summed E-state index contributed by atoms with van der Waals surface area (Å²) in [7, 11) is 1.68. The SMILES string of the molecule is COC1COCC[C@@H]1N[C@@H]1CC[C@H](C(=O)N2CCc3ncc(C(F)(F)F)cc3C2)C1. The lowest BCUT2D eigenvalue weighted by atomic mass is 10.00. The number of methoxy groups -OCH3 is 1. The molecule has 1 unspecified atom stereocenters. The van der Waals surface area contributed by atoms with Crippen LogP contribution in [0.4, 0.5) is 13.2 Å². The summed E-state index contributed by atoms with van der Waals surface area (Å²) in [5, 5.41) is 3.64. The van der Waals surface area contributed by atoms with E-state index in [4.69, 9.17) is 9.47 Å². The molecule has 2 fully saturated rings. The van der Waals surface area contributed by atoms with E-state index in [1.54, 1.807) is 12.0 Å². The van der Waals surface area contributed by atoms with Gasteiger partial charge < -0.3 is 19.7 Å². The molecule has 9 heteroatoms. The highest BCUT2D eigenvalue weighted by Gasteiger charge is 2.37. The molecule has 1 aromatic rings. The molecule has 30 heavy (non-hydrogen) atoms. The second-order valence-corrected chi connectivity index (χ2v) is 8.46. The van der Waals surface area contributed by atoms with Crippen molar-refractivity contribution in [3.8, 4) is 0 Å². The van der Waals surface area contributed by atoms with Gasteiger partial charge in [0.25, 0.3) is 0 Å². The Morgan fingerprint density at radius 3 is 2.93 bits per heavy atom. The Labute approximate surface area is 174 Å². The Morgan fingerprint density at radius 1 is 1.33 bits per heavy atom. The van der Waals surface area contributed by atoms with Crippen molar-refractivity contribution in [2.45, 2.75) is 63.0 Å². The number of amides is 1. The van der Waals surface area contributed by atoms with Crippen molar-refractivity contribution >= 4 is 5.91 Å². The summed E-state index contributed by atoms with van der Waals surface area (Å²) >= 11 is 0. The molecular weight excluding hydrogens is 399 g/mol. The van der Waals surface area contributed by atoms with Crippen LogP contribution in [0.1, 0.15) is 42.5 Å². The monoisotopic (exact) mass is 427 g/mol. The fourth-order valence-electron chi connectivity index (χ4n) is 4.82. The Balaban J connectivity index is 1.35. The van der Waals surface area contributed by atoms with Gasteiger partial charge in [0.15, 0.2) is 0 Å². The van der Waals surface area contributed by atoms with Crippen LogP contribution in [0.2, 0.25) is 0 Å². The number of nitrogens with zero attached hydrogens (tertiary/aromatic N) is 2. The molecule has 0 radical (unpaired) electrons. The zero-order chi connectivity index (χ0) is 21.3. The van der Waals surface area contributed by atoms with Crippen LogP contribution >= 0.6 is 0 Å². The summed E-state index contributed by atoms with van der Waals surface area (Å²) < 4.78 is 50.0. The van der Waals surface area contributed by atoms with Gasteiger partial charge in [0.1, 0.15) is 0 Å². The summed E-state index contributed by atoms with van der Waals surface area (Å²) in [6.45, 7) is 1.98. The van der Waals surface area contributed by atoms with E-state index in [1.807, 2.05) is 0 Å². The van der Waals surface area contributed by atoms with Crippen LogP contribution in [0, 0.1) is 5.92 Å². The highest BCUT2D eigenvalue weighted by molar-refractivity contribution is 5.79. The molecule has 4 atom stereocenters. The maximum atomic E-state index is 13.1. The lowest BCUT2D eigenvalue weighted by Gasteiger charge is -2.33. The van der Waals surface area contributed by atoms with Crippen molar-refractivity contribution in [1.29, 1.82) is 0 Å². The number of hydrogen-bond acceptors (Lipinski definition) is 5. The third kappa shape index (κ3) is 4.63. The number of fused-ring (bicyclic) bond motifs is 1. The summed E-state index contributed by atoms with van der Waals surface area (Å²) in [4.78, 5) is 18.7. The lowest BCUT2D eigenvalue weighted by molar-refractivity contribution is -0.137. The van der Waals surface area contributed by atoms with E-state index in [1.165, 1.54) is 0 Å². The van der Waals surface area contributed by atoms with Crippen LogP contribution in [0.25, 0.3) is 0 Å². The number of aromatic nitrogens is 1. The molecule has 0 bridgehead atoms. The van der Waals surface area contributed by atoms with Gasteiger partial charge in [-0.2, -0.15) is 13.2 Å². The summed E-state index contributed by atoms with van der Waals surface area (Å²) in [6, 6.07) is 1.60. The number of halogens is 3. The van der Waals surface area contributed by atoms with Crippen LogP contribution in [-0.2, 0) is 33.4 Å². The number of nitrogens with one attached hydrogen (secondary N) is 1. The smallest absolute Gasteiger partial charge is 0.379 e. The summed E-state index contributed by atoms with van der Waals surface area (Å²) in [6.07, 6.45) is 0.293. The third-order valence-electron chi connectivity index (χ3n) is 6.52. The molecule has 2 aliphatic heterocycles. The van der Waals surface area contributed by atoms with Gasteiger partial charge in [-0.25, -0.2) is 0 Å². The molecule has 1 saturated heterocycles. The first-order valence-electron chi connectivity index (χ1n) is 10.6. The molecule has 6 nitrogen and oxygen atoms in total. The third-order valence-corrected chi connectivity index (χ3v) is 6.52. The van der Waals surface area contributed by atoms with Crippen molar-refractivity contribution in [2.24, 2.45) is 5.92 Å². The minimum absolute atomic E-state index is 0.0161. The van der Waals surface area contributed by atoms with E-state index in [0.717, 1.165) is 37.9 Å². The first-order valence-corrected chi connectivity index (χ1v) is 10.6. The first kappa shape index (κ1) is 21.5. The Kier molecular flexibility index (Phi) is 6.31. The minimum atomic E-state index is -4.43. The average Bonchev–Trinajstić information content (AvgIpc) is 3.20. The van der Waals surface area contributed by atoms with Gasteiger partial charge >= 0.3 is 6.18 Å². The number of carbonyl (C=O) groups is 1. The van der Waals surface area contributed by atoms with Crippen LogP contribution in [0.5, 0.6) is 0 Å². The van der Waals surface area contributed by atoms with Crippen LogP contribution in [0.3, 0.4) is 0 Å². The molecule has 1 amide bonds. The maximum absolute atomic E-state index is 13.1. The molecule has 1 aliphatic carbocycles. The fraction of sp³-hybridized carbons (Fsp3) is 0.714. The minimum Gasteiger partial charge on any atom is -0.379 e. The largest absolute Gasteiger partial charge is 0.417 e. The van der Waals surface area contributed by atoms with Gasteiger partial charge in [0, 0.05) is 63.1 Å². The van der Waals surface area contributed by atoms with E-state index in [-0.39, 0.29) is 36.6 Å². The maximum Gasteiger partial charge on any atom is 0.417 e. The van der Waals surface area contributed by atoms with Gasteiger partial charge in [0.2, 0.25) is 5.91 Å². The van der Waals surface area contributed by atoms with Crippen molar-refractivity contribution < 1.29 is 27.4 Å². The van der Waals surface area contributed by atoms with Gasteiger partial charge in [-0.1, -0.05) is 0 Å². The predicted molar refractivity (Wildman–Crippen MR) is 103 cm³/mol. The van der Waals surface area contributed by atoms with E-state index < -0.39 is 11.7 Å². The number of rotatable bonds is 4. The first-order chi connectivity index (χ1) is 14.3. The second kappa shape index (κ2) is 8.80. The number of carbonyl (C=O) groups excluding carboxylic acids is 1. The van der Waals surface area contributed by atoms with Crippen LogP contribution in [0.15, 0.2) is 12.3 Å². The Bertz CT molecular complexity index is 774. The van der Waals surface area contributed by atoms with Gasteiger partial charge in [-0.15, -0.1) is 0 Å². The van der Waals surface area contributed by atoms with Crippen LogP contribution < -0.4 is 5.32 Å². The fourth-order valence-corrected chi connectivity index (χ4v) is 4.82. The van der Waals surface area contributed by atoms with E-state index in [0.29, 0.717) is 37.4 Å². The van der Waals surface area contributed by atoms with E-state index in [2.05, 4.69) is 10.3 Å². The molecular formula is C21H28F3N3O3. The van der Waals surface area contributed by atoms with Crippen molar-refractivity contribution in [3.05, 3.63) is 29.1 Å². The number of alkyl halides is 3. The Hall–Kier alpha value is -1.71. The normalized spacial score (nSPS) is 29.7. The number of ether oxygens (including phenoxy) is 2. The van der Waals surface area contributed by atoms with E-state index >= 15 is 0 Å². The summed E-state index contributed by atoms with van der Waals surface area (Å²) in [5.74, 6) is -0.0544. The molecule has 3 aliphatic rings. The molecule has 1 aromatic heterocycles. The quantitative estimate of drug-likeness (QED) is 0.800. The molecule has 4 rings (SSSR count). The van der Waals surface area contributed by atoms with E-state index in [9.17, 15) is 18.0 Å². The van der Waals surface area contributed by atoms with Crippen molar-refractivity contribution in [2.75, 3.05) is 26.9 Å². The van der Waals surface area contributed by atoms with Gasteiger partial charge in [-0.05, 0) is 37.3 Å². The van der Waals surface area contributed by atoms with Crippen molar-refractivity contribution in [3.63, 3.8) is 0 Å². The predicted octanol–water partition coefficient (Wildman–Crippen LogP) is 2.55. The standard InChI is InChI=1S/C21H28F3N3O3/c1-29-19-12-30-7-5-18(19)26-16-3-2-13(9-16)20(28)27-6-4-17-14(11-27)8-15(10-25-17)21(22,23)24/h8,10,13,16,18-19,26H,2-7,9,11-12H2,1H3/t13-,16+,18-,19?/m0/s1. The summed E-state index contributed by atoms with van der Waals surface area (Å²) in [5.41, 5.74) is 0.398. The average molecular weight is 427 g/mol. The molecule has 0 aromatic carbocycles. The number of hydrogen-bond donors (Lipinski definition) is 1. The molecule has 1 saturated carbocycles. The van der Waals surface area contributed by atoms with Crippen LogP contribution in [-0.4, -0.2) is 60.8 Å². The van der Waals surface area contributed by atoms with Gasteiger partial charge in [0.05, 0.1) is 18.3 Å². The zero-order valence-electron chi connectivity index (χ0n) is 17.1.